The van der Waals surface area contributed by atoms with E-state index in [-0.39, 0.29) is 17.7 Å². The zero-order chi connectivity index (χ0) is 14.7. The van der Waals surface area contributed by atoms with Crippen molar-refractivity contribution < 1.29 is 14.7 Å². The van der Waals surface area contributed by atoms with Crippen molar-refractivity contribution in [2.24, 2.45) is 11.8 Å². The van der Waals surface area contributed by atoms with Crippen LogP contribution in [0.1, 0.15) is 58.8 Å². The maximum atomic E-state index is 12.3. The smallest absolute Gasteiger partial charge is 0.306 e. The molecular formula is C15H26N2O3. The topological polar surface area (TPSA) is 69.6 Å². The fourth-order valence-electron chi connectivity index (χ4n) is 3.46. The average Bonchev–Trinajstić information content (AvgIpc) is 2.43. The number of aliphatic carboxylic acids is 1. The third kappa shape index (κ3) is 3.51. The molecule has 0 aromatic rings. The first-order valence-corrected chi connectivity index (χ1v) is 7.80. The van der Waals surface area contributed by atoms with E-state index in [4.69, 9.17) is 5.11 Å². The van der Waals surface area contributed by atoms with Gasteiger partial charge in [-0.3, -0.25) is 15.0 Å². The number of carboxylic acid groups (broad SMARTS) is 1. The van der Waals surface area contributed by atoms with Gasteiger partial charge in [-0.05, 0) is 52.4 Å². The van der Waals surface area contributed by atoms with Crippen molar-refractivity contribution >= 4 is 11.9 Å². The molecule has 1 aliphatic heterocycles. The number of piperidine rings is 1. The summed E-state index contributed by atoms with van der Waals surface area (Å²) in [6, 6.07) is 0.774. The molecule has 2 unspecified atom stereocenters. The van der Waals surface area contributed by atoms with E-state index in [9.17, 15) is 9.59 Å². The van der Waals surface area contributed by atoms with Gasteiger partial charge in [0.25, 0.3) is 0 Å². The lowest BCUT2D eigenvalue weighted by Crippen LogP contribution is -2.55. The Balaban J connectivity index is 1.84. The van der Waals surface area contributed by atoms with Crippen LogP contribution in [0, 0.1) is 11.8 Å². The molecule has 5 nitrogen and oxygen atoms in total. The van der Waals surface area contributed by atoms with E-state index in [0.29, 0.717) is 37.8 Å². The summed E-state index contributed by atoms with van der Waals surface area (Å²) in [5.41, 5.74) is 3.08. The summed E-state index contributed by atoms with van der Waals surface area (Å²) in [5, 5.41) is 11.1. The average molecular weight is 282 g/mol. The van der Waals surface area contributed by atoms with Crippen molar-refractivity contribution in [3.05, 3.63) is 0 Å². The molecule has 1 amide bonds. The summed E-state index contributed by atoms with van der Waals surface area (Å²) < 4.78 is 0. The van der Waals surface area contributed by atoms with Crippen LogP contribution in [0.4, 0.5) is 0 Å². The van der Waals surface area contributed by atoms with Gasteiger partial charge in [-0.1, -0.05) is 6.42 Å². The number of hydrazine groups is 1. The van der Waals surface area contributed by atoms with Crippen molar-refractivity contribution in [3.63, 3.8) is 0 Å². The fraction of sp³-hybridized carbons (Fsp3) is 0.867. The first kappa shape index (κ1) is 15.3. The van der Waals surface area contributed by atoms with Crippen LogP contribution >= 0.6 is 0 Å². The molecule has 2 aliphatic rings. The predicted molar refractivity (Wildman–Crippen MR) is 75.8 cm³/mol. The van der Waals surface area contributed by atoms with E-state index >= 15 is 0 Å². The quantitative estimate of drug-likeness (QED) is 0.832. The molecule has 2 rings (SSSR count). The van der Waals surface area contributed by atoms with Gasteiger partial charge in [0.15, 0.2) is 0 Å². The van der Waals surface area contributed by atoms with E-state index in [0.717, 1.165) is 12.8 Å². The van der Waals surface area contributed by atoms with Crippen molar-refractivity contribution in [3.8, 4) is 0 Å². The Morgan fingerprint density at radius 2 is 1.45 bits per heavy atom. The molecule has 0 bridgehead atoms. The molecular weight excluding hydrogens is 256 g/mol. The van der Waals surface area contributed by atoms with E-state index in [2.05, 4.69) is 24.3 Å². The first-order chi connectivity index (χ1) is 9.49. The highest BCUT2D eigenvalue weighted by molar-refractivity contribution is 5.79. The Hall–Kier alpha value is -1.10. The van der Waals surface area contributed by atoms with E-state index in [1.54, 1.807) is 0 Å². The van der Waals surface area contributed by atoms with E-state index in [1.165, 1.54) is 6.42 Å². The van der Waals surface area contributed by atoms with Crippen molar-refractivity contribution in [1.82, 2.24) is 10.4 Å². The second kappa shape index (κ2) is 6.57. The van der Waals surface area contributed by atoms with Gasteiger partial charge in [0.2, 0.25) is 5.91 Å². The minimum atomic E-state index is -0.720. The number of hydrogen-bond donors (Lipinski definition) is 2. The number of hydrogen-bond acceptors (Lipinski definition) is 3. The highest BCUT2D eigenvalue weighted by Crippen LogP contribution is 2.29. The van der Waals surface area contributed by atoms with Crippen LogP contribution in [-0.4, -0.2) is 34.1 Å². The number of carbonyl (C=O) groups excluding carboxylic acids is 1. The van der Waals surface area contributed by atoms with Crippen LogP contribution in [0.3, 0.4) is 0 Å². The minimum Gasteiger partial charge on any atom is -0.481 e. The molecule has 0 aromatic heterocycles. The van der Waals surface area contributed by atoms with Gasteiger partial charge in [-0.2, -0.15) is 0 Å². The Morgan fingerprint density at radius 3 is 1.95 bits per heavy atom. The second-order valence-corrected chi connectivity index (χ2v) is 6.40. The summed E-state index contributed by atoms with van der Waals surface area (Å²) in [4.78, 5) is 23.3. The number of carbonyl (C=O) groups is 2. The van der Waals surface area contributed by atoms with Crippen LogP contribution in [0.5, 0.6) is 0 Å². The van der Waals surface area contributed by atoms with E-state index in [1.807, 2.05) is 0 Å². The zero-order valence-corrected chi connectivity index (χ0v) is 12.5. The normalized spacial score (nSPS) is 35.5. The highest BCUT2D eigenvalue weighted by atomic mass is 16.4. The van der Waals surface area contributed by atoms with Crippen molar-refractivity contribution in [2.75, 3.05) is 0 Å². The monoisotopic (exact) mass is 282 g/mol. The third-order valence-electron chi connectivity index (χ3n) is 4.88. The standard InChI is InChI=1S/C15H26N2O3/c1-10-4-3-5-11(2)17(10)16-14(18)12-6-8-13(9-7-12)15(19)20/h10-13H,3-9H2,1-2H3,(H,16,18)(H,19,20). The molecule has 0 aromatic carbocycles. The predicted octanol–water partition coefficient (Wildman–Crippen LogP) is 2.17. The van der Waals surface area contributed by atoms with E-state index < -0.39 is 5.97 Å². The molecule has 5 heteroatoms. The maximum Gasteiger partial charge on any atom is 0.306 e. The molecule has 1 saturated heterocycles. The van der Waals surface area contributed by atoms with Crippen LogP contribution in [-0.2, 0) is 9.59 Å². The second-order valence-electron chi connectivity index (χ2n) is 6.40. The van der Waals surface area contributed by atoms with Gasteiger partial charge in [0, 0.05) is 18.0 Å². The van der Waals surface area contributed by atoms with Gasteiger partial charge < -0.3 is 5.11 Å². The Morgan fingerprint density at radius 1 is 0.950 bits per heavy atom. The molecule has 2 N–H and O–H groups in total. The zero-order valence-electron chi connectivity index (χ0n) is 12.5. The Kier molecular flexibility index (Phi) is 5.02. The lowest BCUT2D eigenvalue weighted by molar-refractivity contribution is -0.145. The maximum absolute atomic E-state index is 12.3. The summed E-state index contributed by atoms with van der Waals surface area (Å²) in [7, 11) is 0. The molecule has 2 fully saturated rings. The van der Waals surface area contributed by atoms with Crippen LogP contribution in [0.2, 0.25) is 0 Å². The highest BCUT2D eigenvalue weighted by Gasteiger charge is 2.32. The SMILES string of the molecule is CC1CCCC(C)N1NC(=O)C1CCC(C(=O)O)CC1. The number of nitrogens with zero attached hydrogens (tertiary/aromatic N) is 1. The molecule has 0 radical (unpaired) electrons. The van der Waals surface area contributed by atoms with Gasteiger partial charge in [-0.25, -0.2) is 5.01 Å². The number of nitrogens with one attached hydrogen (secondary N) is 1. The van der Waals surface area contributed by atoms with Crippen LogP contribution < -0.4 is 5.43 Å². The van der Waals surface area contributed by atoms with Gasteiger partial charge >= 0.3 is 5.97 Å². The van der Waals surface area contributed by atoms with Crippen LogP contribution in [0.15, 0.2) is 0 Å². The summed E-state index contributed by atoms with van der Waals surface area (Å²) in [6.45, 7) is 4.30. The molecule has 1 saturated carbocycles. The third-order valence-corrected chi connectivity index (χ3v) is 4.88. The van der Waals surface area contributed by atoms with Gasteiger partial charge in [-0.15, -0.1) is 0 Å². The van der Waals surface area contributed by atoms with Crippen molar-refractivity contribution in [2.45, 2.75) is 70.9 Å². The van der Waals surface area contributed by atoms with Gasteiger partial charge in [0.1, 0.15) is 0 Å². The Bertz CT molecular complexity index is 354. The lowest BCUT2D eigenvalue weighted by Gasteiger charge is -2.40. The molecule has 1 heterocycles. The van der Waals surface area contributed by atoms with Crippen LogP contribution in [0.25, 0.3) is 0 Å². The molecule has 0 spiro atoms. The van der Waals surface area contributed by atoms with Gasteiger partial charge in [0.05, 0.1) is 5.92 Å². The number of carboxylic acids is 1. The van der Waals surface area contributed by atoms with Crippen molar-refractivity contribution in [1.29, 1.82) is 0 Å². The largest absolute Gasteiger partial charge is 0.481 e. The molecule has 2 atom stereocenters. The molecule has 20 heavy (non-hydrogen) atoms. The number of amides is 1. The number of rotatable bonds is 3. The first-order valence-electron chi connectivity index (χ1n) is 7.80. The summed E-state index contributed by atoms with van der Waals surface area (Å²) in [6.07, 6.45) is 6.10. The molecule has 114 valence electrons. The summed E-state index contributed by atoms with van der Waals surface area (Å²) >= 11 is 0. The minimum absolute atomic E-state index is 0.0214. The Labute approximate surface area is 120 Å². The fourth-order valence-corrected chi connectivity index (χ4v) is 3.46. The summed E-state index contributed by atoms with van der Waals surface area (Å²) in [5.74, 6) is -0.921. The lowest BCUT2D eigenvalue weighted by atomic mass is 9.82. The molecule has 1 aliphatic carbocycles.